The van der Waals surface area contributed by atoms with Crippen molar-refractivity contribution in [1.82, 2.24) is 9.80 Å². The van der Waals surface area contributed by atoms with Crippen molar-refractivity contribution in [3.63, 3.8) is 0 Å². The van der Waals surface area contributed by atoms with Crippen molar-refractivity contribution in [2.24, 2.45) is 0 Å². The Hall–Kier alpha value is -1.33. The first-order valence-electron chi connectivity index (χ1n) is 9.25. The number of halogens is 3. The molecule has 6 heteroatoms. The molecule has 4 rings (SSSR count). The Morgan fingerprint density at radius 2 is 1.52 bits per heavy atom. The average molecular weight is 413 g/mol. The molecule has 0 bridgehead atoms. The molecule has 2 aromatic rings. The highest BCUT2D eigenvalue weighted by Crippen LogP contribution is 2.37. The number of hydrogen-bond donors (Lipinski definition) is 0. The molecule has 0 saturated carbocycles. The zero-order chi connectivity index (χ0) is 17.1. The summed E-state index contributed by atoms with van der Waals surface area (Å²) in [5.41, 5.74) is 1.80. The van der Waals surface area contributed by atoms with Crippen LogP contribution in [0.4, 0.5) is 4.39 Å². The van der Waals surface area contributed by atoms with Gasteiger partial charge in [-0.05, 0) is 38.1 Å². The quantitative estimate of drug-likeness (QED) is 0.732. The first-order chi connectivity index (χ1) is 12.3. The van der Waals surface area contributed by atoms with Crippen LogP contribution in [0.1, 0.15) is 30.0 Å². The van der Waals surface area contributed by atoms with Gasteiger partial charge in [0.1, 0.15) is 18.2 Å². The van der Waals surface area contributed by atoms with Crippen molar-refractivity contribution in [2.45, 2.75) is 18.9 Å². The predicted octanol–water partition coefficient (Wildman–Crippen LogP) is 4.55. The SMILES string of the molecule is Cl.Cl.Fc1ccccc1C1c2ccccc2OCCN1CCN1CCCC1. The van der Waals surface area contributed by atoms with Crippen molar-refractivity contribution in [1.29, 1.82) is 0 Å². The number of hydrogen-bond acceptors (Lipinski definition) is 3. The summed E-state index contributed by atoms with van der Waals surface area (Å²) in [6.45, 7) is 5.78. The summed E-state index contributed by atoms with van der Waals surface area (Å²) in [7, 11) is 0. The molecule has 2 aromatic carbocycles. The zero-order valence-corrected chi connectivity index (χ0v) is 17.0. The van der Waals surface area contributed by atoms with E-state index in [0.717, 1.165) is 36.5 Å². The first kappa shape index (κ1) is 22.0. The van der Waals surface area contributed by atoms with E-state index in [1.54, 1.807) is 12.1 Å². The molecule has 1 fully saturated rings. The van der Waals surface area contributed by atoms with Gasteiger partial charge in [-0.3, -0.25) is 4.90 Å². The van der Waals surface area contributed by atoms with Gasteiger partial charge in [-0.1, -0.05) is 36.4 Å². The largest absolute Gasteiger partial charge is 0.492 e. The van der Waals surface area contributed by atoms with E-state index in [1.807, 2.05) is 30.3 Å². The van der Waals surface area contributed by atoms with Gasteiger partial charge >= 0.3 is 0 Å². The molecule has 0 amide bonds. The maximum atomic E-state index is 14.6. The number of likely N-dealkylation sites (tertiary alicyclic amines) is 1. The second-order valence-electron chi connectivity index (χ2n) is 6.90. The Kier molecular flexibility index (Phi) is 8.36. The van der Waals surface area contributed by atoms with Crippen LogP contribution in [-0.4, -0.2) is 49.1 Å². The minimum absolute atomic E-state index is 0. The van der Waals surface area contributed by atoms with E-state index in [-0.39, 0.29) is 36.7 Å². The molecule has 2 aliphatic heterocycles. The smallest absolute Gasteiger partial charge is 0.128 e. The Balaban J connectivity index is 0.00000131. The number of para-hydroxylation sites is 1. The van der Waals surface area contributed by atoms with Gasteiger partial charge in [-0.2, -0.15) is 0 Å². The molecule has 2 aliphatic rings. The predicted molar refractivity (Wildman–Crippen MR) is 112 cm³/mol. The van der Waals surface area contributed by atoms with E-state index < -0.39 is 0 Å². The highest BCUT2D eigenvalue weighted by Gasteiger charge is 2.30. The molecule has 0 N–H and O–H groups in total. The van der Waals surface area contributed by atoms with Crippen LogP contribution in [0.2, 0.25) is 0 Å². The average Bonchev–Trinajstić information content (AvgIpc) is 3.09. The van der Waals surface area contributed by atoms with E-state index in [1.165, 1.54) is 25.9 Å². The molecule has 1 saturated heterocycles. The third-order valence-corrected chi connectivity index (χ3v) is 5.32. The summed E-state index contributed by atoms with van der Waals surface area (Å²) in [6, 6.07) is 15.1. The highest BCUT2D eigenvalue weighted by molar-refractivity contribution is 5.85. The van der Waals surface area contributed by atoms with Gasteiger partial charge < -0.3 is 9.64 Å². The van der Waals surface area contributed by atoms with E-state index in [9.17, 15) is 4.39 Å². The molecule has 0 spiro atoms. The second-order valence-corrected chi connectivity index (χ2v) is 6.90. The van der Waals surface area contributed by atoms with Gasteiger partial charge in [0.15, 0.2) is 0 Å². The lowest BCUT2D eigenvalue weighted by atomic mass is 9.96. The van der Waals surface area contributed by atoms with Crippen LogP contribution < -0.4 is 4.74 Å². The van der Waals surface area contributed by atoms with Gasteiger partial charge in [0.05, 0.1) is 6.04 Å². The molecule has 27 heavy (non-hydrogen) atoms. The molecule has 0 radical (unpaired) electrons. The molecular formula is C21H27Cl2FN2O. The maximum absolute atomic E-state index is 14.6. The van der Waals surface area contributed by atoms with Crippen LogP contribution in [0, 0.1) is 5.82 Å². The molecule has 1 unspecified atom stereocenters. The summed E-state index contributed by atoms with van der Waals surface area (Å²) < 4.78 is 20.6. The topological polar surface area (TPSA) is 15.7 Å². The van der Waals surface area contributed by atoms with E-state index >= 15 is 0 Å². The number of benzene rings is 2. The Morgan fingerprint density at radius 1 is 0.852 bits per heavy atom. The normalized spacial score (nSPS) is 20.0. The monoisotopic (exact) mass is 412 g/mol. The van der Waals surface area contributed by atoms with Crippen molar-refractivity contribution in [2.75, 3.05) is 39.3 Å². The lowest BCUT2D eigenvalue weighted by Gasteiger charge is -2.32. The van der Waals surface area contributed by atoms with Crippen LogP contribution in [0.3, 0.4) is 0 Å². The molecule has 3 nitrogen and oxygen atoms in total. The van der Waals surface area contributed by atoms with Crippen molar-refractivity contribution in [3.8, 4) is 5.75 Å². The summed E-state index contributed by atoms with van der Waals surface area (Å²) in [5, 5.41) is 0. The molecule has 2 heterocycles. The third kappa shape index (κ3) is 4.94. The van der Waals surface area contributed by atoms with Crippen LogP contribution >= 0.6 is 24.8 Å². The molecule has 148 valence electrons. The standard InChI is InChI=1S/C21H25FN2O.2ClH/c22-19-9-3-1-7-17(19)21-18-8-2-4-10-20(18)25-16-15-24(21)14-13-23-11-5-6-12-23;;/h1-4,7-10,21H,5-6,11-16H2;2*1H. The highest BCUT2D eigenvalue weighted by atomic mass is 35.5. The summed E-state index contributed by atoms with van der Waals surface area (Å²) in [4.78, 5) is 4.89. The minimum Gasteiger partial charge on any atom is -0.492 e. The minimum atomic E-state index is -0.143. The third-order valence-electron chi connectivity index (χ3n) is 5.32. The van der Waals surface area contributed by atoms with Crippen molar-refractivity contribution < 1.29 is 9.13 Å². The van der Waals surface area contributed by atoms with Gasteiger partial charge in [-0.25, -0.2) is 4.39 Å². The maximum Gasteiger partial charge on any atom is 0.128 e. The first-order valence-corrected chi connectivity index (χ1v) is 9.25. The van der Waals surface area contributed by atoms with Crippen molar-refractivity contribution >= 4 is 24.8 Å². The van der Waals surface area contributed by atoms with Crippen LogP contribution in [-0.2, 0) is 0 Å². The van der Waals surface area contributed by atoms with Crippen LogP contribution in [0.25, 0.3) is 0 Å². The fourth-order valence-corrected chi connectivity index (χ4v) is 4.01. The molecular weight excluding hydrogens is 386 g/mol. The number of nitrogens with zero attached hydrogens (tertiary/aromatic N) is 2. The number of ether oxygens (including phenoxy) is 1. The van der Waals surface area contributed by atoms with Gasteiger partial charge in [0, 0.05) is 30.8 Å². The molecule has 1 atom stereocenters. The Bertz CT molecular complexity index is 725. The van der Waals surface area contributed by atoms with Crippen molar-refractivity contribution in [3.05, 3.63) is 65.5 Å². The fraction of sp³-hybridized carbons (Fsp3) is 0.429. The second kappa shape index (κ2) is 10.3. The van der Waals surface area contributed by atoms with E-state index in [0.29, 0.717) is 6.61 Å². The fourth-order valence-electron chi connectivity index (χ4n) is 4.01. The van der Waals surface area contributed by atoms with Crippen LogP contribution in [0.15, 0.2) is 48.5 Å². The summed E-state index contributed by atoms with van der Waals surface area (Å²) in [6.07, 6.45) is 2.59. The van der Waals surface area contributed by atoms with Crippen LogP contribution in [0.5, 0.6) is 5.75 Å². The van der Waals surface area contributed by atoms with Gasteiger partial charge in [-0.15, -0.1) is 24.8 Å². The lowest BCUT2D eigenvalue weighted by molar-refractivity contribution is 0.175. The van der Waals surface area contributed by atoms with E-state index in [2.05, 4.69) is 15.9 Å². The summed E-state index contributed by atoms with van der Waals surface area (Å²) >= 11 is 0. The lowest BCUT2D eigenvalue weighted by Crippen LogP contribution is -2.38. The zero-order valence-electron chi connectivity index (χ0n) is 15.4. The van der Waals surface area contributed by atoms with Gasteiger partial charge in [0.25, 0.3) is 0 Å². The summed E-state index contributed by atoms with van der Waals surface area (Å²) in [5.74, 6) is 0.731. The Morgan fingerprint density at radius 3 is 2.26 bits per heavy atom. The molecule has 0 aliphatic carbocycles. The van der Waals surface area contributed by atoms with Gasteiger partial charge in [0.2, 0.25) is 0 Å². The van der Waals surface area contributed by atoms with E-state index in [4.69, 9.17) is 4.74 Å². The molecule has 0 aromatic heterocycles. The number of fused-ring (bicyclic) bond motifs is 1. The Labute approximate surface area is 173 Å². The number of rotatable bonds is 4.